The predicted molar refractivity (Wildman–Crippen MR) is 70.2 cm³/mol. The first-order chi connectivity index (χ1) is 7.97. The number of nitrogens with zero attached hydrogens (tertiary/aromatic N) is 1. The maximum atomic E-state index is 13.1. The first-order valence-electron chi connectivity index (χ1n) is 5.84. The molecular weight excluding hydrogens is 217 g/mol. The van der Waals surface area contributed by atoms with Crippen LogP contribution in [0.5, 0.6) is 0 Å². The second-order valence-corrected chi connectivity index (χ2v) is 4.32. The third kappa shape index (κ3) is 3.19. The third-order valence-electron chi connectivity index (χ3n) is 3.00. The normalized spacial score (nSPS) is 12.2. The summed E-state index contributed by atoms with van der Waals surface area (Å²) < 4.78 is 13.1. The van der Waals surface area contributed by atoms with Crippen molar-refractivity contribution in [2.24, 2.45) is 5.73 Å². The van der Waals surface area contributed by atoms with Gasteiger partial charge in [0.15, 0.2) is 0 Å². The van der Waals surface area contributed by atoms with E-state index in [0.29, 0.717) is 11.6 Å². The fourth-order valence-electron chi connectivity index (χ4n) is 1.88. The molecule has 0 bridgehead atoms. The van der Waals surface area contributed by atoms with Gasteiger partial charge in [0.05, 0.1) is 0 Å². The Bertz CT molecular complexity index is 404. The van der Waals surface area contributed by atoms with Crippen LogP contribution >= 0.6 is 0 Å². The SMILES string of the molecule is CCCC(C)N(C)c1ccc(F)cc1C(=N)N. The van der Waals surface area contributed by atoms with E-state index in [1.165, 1.54) is 12.1 Å². The lowest BCUT2D eigenvalue weighted by atomic mass is 10.1. The molecule has 0 radical (unpaired) electrons. The quantitative estimate of drug-likeness (QED) is 0.611. The summed E-state index contributed by atoms with van der Waals surface area (Å²) in [5.74, 6) is -0.467. The van der Waals surface area contributed by atoms with Gasteiger partial charge >= 0.3 is 0 Å². The van der Waals surface area contributed by atoms with Gasteiger partial charge in [-0.25, -0.2) is 4.39 Å². The van der Waals surface area contributed by atoms with Crippen LogP contribution in [0.1, 0.15) is 32.3 Å². The molecule has 3 N–H and O–H groups in total. The van der Waals surface area contributed by atoms with Crippen molar-refractivity contribution in [3.8, 4) is 0 Å². The molecule has 0 saturated carbocycles. The molecule has 1 rings (SSSR count). The molecule has 1 aromatic rings. The van der Waals surface area contributed by atoms with Crippen LogP contribution in [0.2, 0.25) is 0 Å². The molecule has 0 fully saturated rings. The summed E-state index contributed by atoms with van der Waals surface area (Å²) in [6.45, 7) is 4.23. The largest absolute Gasteiger partial charge is 0.384 e. The Kier molecular flexibility index (Phi) is 4.49. The van der Waals surface area contributed by atoms with E-state index in [1.54, 1.807) is 6.07 Å². The van der Waals surface area contributed by atoms with Crippen LogP contribution in [-0.2, 0) is 0 Å². The molecule has 0 aliphatic carbocycles. The Morgan fingerprint density at radius 2 is 2.18 bits per heavy atom. The topological polar surface area (TPSA) is 53.1 Å². The number of halogens is 1. The van der Waals surface area contributed by atoms with Crippen LogP contribution in [0.3, 0.4) is 0 Å². The van der Waals surface area contributed by atoms with Crippen molar-refractivity contribution in [3.63, 3.8) is 0 Å². The van der Waals surface area contributed by atoms with Crippen molar-refractivity contribution in [2.45, 2.75) is 32.7 Å². The van der Waals surface area contributed by atoms with Crippen LogP contribution in [0.15, 0.2) is 18.2 Å². The van der Waals surface area contributed by atoms with E-state index in [4.69, 9.17) is 11.1 Å². The van der Waals surface area contributed by atoms with Gasteiger partial charge in [0.25, 0.3) is 0 Å². The van der Waals surface area contributed by atoms with E-state index >= 15 is 0 Å². The minimum atomic E-state index is -0.365. The van der Waals surface area contributed by atoms with E-state index in [0.717, 1.165) is 18.5 Å². The first-order valence-corrected chi connectivity index (χ1v) is 5.84. The van der Waals surface area contributed by atoms with Crippen LogP contribution in [0.4, 0.5) is 10.1 Å². The molecule has 0 aromatic heterocycles. The fourth-order valence-corrected chi connectivity index (χ4v) is 1.88. The van der Waals surface area contributed by atoms with E-state index in [2.05, 4.69) is 13.8 Å². The number of rotatable bonds is 5. The van der Waals surface area contributed by atoms with Crippen molar-refractivity contribution in [1.29, 1.82) is 5.41 Å². The second kappa shape index (κ2) is 5.66. The van der Waals surface area contributed by atoms with Gasteiger partial charge in [-0.05, 0) is 31.5 Å². The highest BCUT2D eigenvalue weighted by molar-refractivity contribution is 6.00. The molecular formula is C13H20FN3. The molecule has 0 saturated heterocycles. The van der Waals surface area contributed by atoms with Crippen molar-refractivity contribution in [1.82, 2.24) is 0 Å². The predicted octanol–water partition coefficient (Wildman–Crippen LogP) is 2.73. The van der Waals surface area contributed by atoms with Crippen LogP contribution in [-0.4, -0.2) is 18.9 Å². The molecule has 1 unspecified atom stereocenters. The number of nitrogen functional groups attached to an aromatic ring is 1. The zero-order chi connectivity index (χ0) is 13.0. The summed E-state index contributed by atoms with van der Waals surface area (Å²) >= 11 is 0. The van der Waals surface area contributed by atoms with Gasteiger partial charge in [0.2, 0.25) is 0 Å². The Hall–Kier alpha value is -1.58. The van der Waals surface area contributed by atoms with Gasteiger partial charge in [-0.2, -0.15) is 0 Å². The molecule has 0 amide bonds. The van der Waals surface area contributed by atoms with Gasteiger partial charge in [-0.1, -0.05) is 13.3 Å². The Morgan fingerprint density at radius 1 is 1.53 bits per heavy atom. The monoisotopic (exact) mass is 237 g/mol. The molecule has 0 aliphatic heterocycles. The zero-order valence-corrected chi connectivity index (χ0v) is 10.6. The molecule has 0 aliphatic rings. The lowest BCUT2D eigenvalue weighted by molar-refractivity contribution is 0.610. The molecule has 1 atom stereocenters. The van der Waals surface area contributed by atoms with E-state index < -0.39 is 0 Å². The number of nitrogens with one attached hydrogen (secondary N) is 1. The van der Waals surface area contributed by atoms with Gasteiger partial charge < -0.3 is 10.6 Å². The number of hydrogen-bond donors (Lipinski definition) is 2. The van der Waals surface area contributed by atoms with Crippen LogP contribution in [0.25, 0.3) is 0 Å². The molecule has 3 nitrogen and oxygen atoms in total. The number of benzene rings is 1. The number of anilines is 1. The summed E-state index contributed by atoms with van der Waals surface area (Å²) in [6.07, 6.45) is 2.13. The summed E-state index contributed by atoms with van der Waals surface area (Å²) in [6, 6.07) is 4.73. The van der Waals surface area contributed by atoms with Gasteiger partial charge in [0.1, 0.15) is 11.7 Å². The van der Waals surface area contributed by atoms with Gasteiger partial charge in [-0.15, -0.1) is 0 Å². The summed E-state index contributed by atoms with van der Waals surface area (Å²) in [4.78, 5) is 2.04. The van der Waals surface area contributed by atoms with Crippen molar-refractivity contribution in [3.05, 3.63) is 29.6 Å². The third-order valence-corrected chi connectivity index (χ3v) is 3.00. The Balaban J connectivity index is 3.08. The highest BCUT2D eigenvalue weighted by Gasteiger charge is 2.15. The first kappa shape index (κ1) is 13.5. The number of amidine groups is 1. The molecule has 1 aromatic carbocycles. The molecule has 0 spiro atoms. The summed E-state index contributed by atoms with van der Waals surface area (Å²) in [5, 5.41) is 7.49. The lowest BCUT2D eigenvalue weighted by Gasteiger charge is -2.28. The molecule has 94 valence electrons. The van der Waals surface area contributed by atoms with Gasteiger partial charge in [0, 0.05) is 24.3 Å². The Labute approximate surface area is 102 Å². The smallest absolute Gasteiger partial charge is 0.125 e. The number of hydrogen-bond acceptors (Lipinski definition) is 2. The average molecular weight is 237 g/mol. The minimum Gasteiger partial charge on any atom is -0.384 e. The fraction of sp³-hybridized carbons (Fsp3) is 0.462. The number of nitrogens with two attached hydrogens (primary N) is 1. The van der Waals surface area contributed by atoms with E-state index in [-0.39, 0.29) is 11.7 Å². The molecule has 17 heavy (non-hydrogen) atoms. The second-order valence-electron chi connectivity index (χ2n) is 4.32. The maximum Gasteiger partial charge on any atom is 0.125 e. The van der Waals surface area contributed by atoms with E-state index in [9.17, 15) is 4.39 Å². The average Bonchev–Trinajstić information content (AvgIpc) is 2.28. The summed E-state index contributed by atoms with van der Waals surface area (Å²) in [5.41, 5.74) is 6.74. The molecule has 0 heterocycles. The van der Waals surface area contributed by atoms with Crippen LogP contribution in [0, 0.1) is 11.2 Å². The standard InChI is InChI=1S/C13H20FN3/c1-4-5-9(2)17(3)12-7-6-10(14)8-11(12)13(15)16/h6-9H,4-5H2,1-3H3,(H3,15,16). The summed E-state index contributed by atoms with van der Waals surface area (Å²) in [7, 11) is 1.94. The highest BCUT2D eigenvalue weighted by atomic mass is 19.1. The van der Waals surface area contributed by atoms with E-state index in [1.807, 2.05) is 11.9 Å². The maximum absolute atomic E-state index is 13.1. The molecule has 4 heteroatoms. The van der Waals surface area contributed by atoms with Crippen molar-refractivity contribution in [2.75, 3.05) is 11.9 Å². The van der Waals surface area contributed by atoms with Gasteiger partial charge in [-0.3, -0.25) is 5.41 Å². The minimum absolute atomic E-state index is 0.102. The lowest BCUT2D eigenvalue weighted by Crippen LogP contribution is -2.31. The Morgan fingerprint density at radius 3 is 2.71 bits per heavy atom. The highest BCUT2D eigenvalue weighted by Crippen LogP contribution is 2.23. The van der Waals surface area contributed by atoms with Crippen molar-refractivity contribution < 1.29 is 4.39 Å². The van der Waals surface area contributed by atoms with Crippen molar-refractivity contribution >= 4 is 11.5 Å². The zero-order valence-electron chi connectivity index (χ0n) is 10.6. The van der Waals surface area contributed by atoms with Crippen LogP contribution < -0.4 is 10.6 Å².